The maximum Gasteiger partial charge on any atom is 0.235 e. The molecule has 190 valence electrons. The molecular formula is C26H26N6O3S2. The Labute approximate surface area is 218 Å². The number of aromatic amines is 1. The first-order chi connectivity index (χ1) is 17.9. The standard InChI is InChI=1S/C26H26N6O3S2/c1-16(2)37(33,34)31-18-6-3-5-17(13-18)23-14-22-24(36-23)26(32-9-11-35-12-10-32)29-25(28-22)19-7-4-8-21-20(19)15-27-30-21/h3-8,13-16,31H,9-12H2,1-2H3,(H,27,30). The Morgan fingerprint density at radius 1 is 1.08 bits per heavy atom. The maximum atomic E-state index is 12.4. The van der Waals surface area contributed by atoms with Crippen LogP contribution in [-0.4, -0.2) is 60.1 Å². The molecule has 0 aliphatic carbocycles. The van der Waals surface area contributed by atoms with Crippen LogP contribution in [0.5, 0.6) is 0 Å². The molecule has 0 amide bonds. The average molecular weight is 535 g/mol. The summed E-state index contributed by atoms with van der Waals surface area (Å²) in [6.45, 7) is 6.11. The number of H-pyrrole nitrogens is 1. The summed E-state index contributed by atoms with van der Waals surface area (Å²) in [7, 11) is -3.44. The SMILES string of the molecule is CC(C)S(=O)(=O)Nc1cccc(-c2cc3nc(-c4cccc5[nH]ncc45)nc(N4CCOCC4)c3s2)c1. The Bertz CT molecular complexity index is 1700. The Morgan fingerprint density at radius 3 is 2.70 bits per heavy atom. The summed E-state index contributed by atoms with van der Waals surface area (Å²) in [6, 6.07) is 15.5. The average Bonchev–Trinajstić information content (AvgIpc) is 3.55. The van der Waals surface area contributed by atoms with Crippen molar-refractivity contribution in [3.8, 4) is 21.8 Å². The van der Waals surface area contributed by atoms with E-state index in [1.54, 1.807) is 37.4 Å². The van der Waals surface area contributed by atoms with Crippen LogP contribution in [0.4, 0.5) is 11.5 Å². The van der Waals surface area contributed by atoms with Crippen molar-refractivity contribution < 1.29 is 13.2 Å². The zero-order valence-electron chi connectivity index (χ0n) is 20.4. The van der Waals surface area contributed by atoms with E-state index in [-0.39, 0.29) is 0 Å². The van der Waals surface area contributed by atoms with E-state index in [1.165, 1.54) is 0 Å². The first kappa shape index (κ1) is 23.8. The largest absolute Gasteiger partial charge is 0.378 e. The maximum absolute atomic E-state index is 12.4. The third-order valence-electron chi connectivity index (χ3n) is 6.42. The number of hydrogen-bond donors (Lipinski definition) is 2. The number of ether oxygens (including phenoxy) is 1. The molecule has 0 radical (unpaired) electrons. The van der Waals surface area contributed by atoms with Crippen LogP contribution in [0.1, 0.15) is 13.8 Å². The highest BCUT2D eigenvalue weighted by molar-refractivity contribution is 7.93. The zero-order valence-corrected chi connectivity index (χ0v) is 22.1. The van der Waals surface area contributed by atoms with Gasteiger partial charge in [-0.05, 0) is 43.7 Å². The lowest BCUT2D eigenvalue weighted by Gasteiger charge is -2.28. The third kappa shape index (κ3) is 4.54. The van der Waals surface area contributed by atoms with Crippen LogP contribution in [0.2, 0.25) is 0 Å². The molecule has 0 unspecified atom stereocenters. The highest BCUT2D eigenvalue weighted by Gasteiger charge is 2.22. The van der Waals surface area contributed by atoms with Crippen molar-refractivity contribution in [1.82, 2.24) is 20.2 Å². The van der Waals surface area contributed by atoms with Crippen molar-refractivity contribution in [2.45, 2.75) is 19.1 Å². The summed E-state index contributed by atoms with van der Waals surface area (Å²) >= 11 is 1.61. The summed E-state index contributed by atoms with van der Waals surface area (Å²) in [4.78, 5) is 13.3. The first-order valence-electron chi connectivity index (χ1n) is 12.1. The van der Waals surface area contributed by atoms with Gasteiger partial charge >= 0.3 is 0 Å². The predicted molar refractivity (Wildman–Crippen MR) is 149 cm³/mol. The summed E-state index contributed by atoms with van der Waals surface area (Å²) < 4.78 is 34.1. The molecule has 0 saturated carbocycles. The Hall–Kier alpha value is -3.54. The quantitative estimate of drug-likeness (QED) is 0.319. The molecule has 2 N–H and O–H groups in total. The van der Waals surface area contributed by atoms with Crippen LogP contribution < -0.4 is 9.62 Å². The van der Waals surface area contributed by atoms with Gasteiger partial charge in [0, 0.05) is 34.6 Å². The summed E-state index contributed by atoms with van der Waals surface area (Å²) in [5, 5.41) is 7.66. The van der Waals surface area contributed by atoms with Gasteiger partial charge in [-0.15, -0.1) is 11.3 Å². The van der Waals surface area contributed by atoms with Crippen molar-refractivity contribution in [2.24, 2.45) is 0 Å². The highest BCUT2D eigenvalue weighted by atomic mass is 32.2. The summed E-state index contributed by atoms with van der Waals surface area (Å²) in [6.07, 6.45) is 1.80. The van der Waals surface area contributed by atoms with E-state index in [9.17, 15) is 8.42 Å². The number of sulfonamides is 1. The molecule has 9 nitrogen and oxygen atoms in total. The number of nitrogens with zero attached hydrogens (tertiary/aromatic N) is 4. The van der Waals surface area contributed by atoms with Crippen molar-refractivity contribution in [1.29, 1.82) is 0 Å². The molecule has 1 aliphatic rings. The summed E-state index contributed by atoms with van der Waals surface area (Å²) in [5.74, 6) is 1.53. The minimum atomic E-state index is -3.44. The van der Waals surface area contributed by atoms with Crippen LogP contribution in [0.15, 0.2) is 54.7 Å². The van der Waals surface area contributed by atoms with Crippen molar-refractivity contribution in [3.63, 3.8) is 0 Å². The molecule has 0 bridgehead atoms. The first-order valence-corrected chi connectivity index (χ1v) is 14.4. The minimum Gasteiger partial charge on any atom is -0.378 e. The fraction of sp³-hybridized carbons (Fsp3) is 0.269. The number of thiophene rings is 1. The number of aromatic nitrogens is 4. The van der Waals surface area contributed by atoms with E-state index >= 15 is 0 Å². The predicted octanol–water partition coefficient (Wildman–Crippen LogP) is 4.89. The molecule has 0 atom stereocenters. The second-order valence-corrected chi connectivity index (χ2v) is 12.5. The molecule has 5 aromatic rings. The van der Waals surface area contributed by atoms with E-state index in [1.807, 2.05) is 36.4 Å². The van der Waals surface area contributed by atoms with Gasteiger partial charge in [0.25, 0.3) is 0 Å². The molecule has 3 aromatic heterocycles. The van der Waals surface area contributed by atoms with Gasteiger partial charge in [0.15, 0.2) is 11.6 Å². The number of anilines is 2. The van der Waals surface area contributed by atoms with Crippen LogP contribution >= 0.6 is 11.3 Å². The molecule has 0 spiro atoms. The van der Waals surface area contributed by atoms with Gasteiger partial charge in [-0.1, -0.05) is 24.3 Å². The smallest absolute Gasteiger partial charge is 0.235 e. The van der Waals surface area contributed by atoms with Gasteiger partial charge in [0.1, 0.15) is 0 Å². The number of fused-ring (bicyclic) bond motifs is 2. The monoisotopic (exact) mass is 534 g/mol. The number of benzene rings is 2. The van der Waals surface area contributed by atoms with Gasteiger partial charge in [0.2, 0.25) is 10.0 Å². The Balaban J connectivity index is 1.48. The van der Waals surface area contributed by atoms with Crippen molar-refractivity contribution in [2.75, 3.05) is 35.9 Å². The Kier molecular flexibility index (Phi) is 6.06. The molecule has 1 saturated heterocycles. The topological polar surface area (TPSA) is 113 Å². The number of rotatable bonds is 6. The lowest BCUT2D eigenvalue weighted by molar-refractivity contribution is 0.122. The normalized spacial score (nSPS) is 14.6. The van der Waals surface area contributed by atoms with E-state index < -0.39 is 15.3 Å². The zero-order chi connectivity index (χ0) is 25.6. The summed E-state index contributed by atoms with van der Waals surface area (Å²) in [5.41, 5.74) is 4.15. The lowest BCUT2D eigenvalue weighted by Crippen LogP contribution is -2.36. The van der Waals surface area contributed by atoms with Gasteiger partial charge in [-0.25, -0.2) is 18.4 Å². The Morgan fingerprint density at radius 2 is 1.89 bits per heavy atom. The fourth-order valence-electron chi connectivity index (χ4n) is 4.35. The molecule has 1 aliphatic heterocycles. The molecular weight excluding hydrogens is 508 g/mol. The van der Waals surface area contributed by atoms with Gasteiger partial charge in [-0.3, -0.25) is 9.82 Å². The van der Waals surface area contributed by atoms with Crippen LogP contribution in [0.25, 0.3) is 42.9 Å². The third-order valence-corrected chi connectivity index (χ3v) is 9.35. The van der Waals surface area contributed by atoms with Crippen molar-refractivity contribution in [3.05, 3.63) is 54.7 Å². The highest BCUT2D eigenvalue weighted by Crippen LogP contribution is 2.40. The van der Waals surface area contributed by atoms with Crippen molar-refractivity contribution >= 4 is 54.0 Å². The lowest BCUT2D eigenvalue weighted by atomic mass is 10.1. The molecule has 4 heterocycles. The van der Waals surface area contributed by atoms with Crippen LogP contribution in [-0.2, 0) is 14.8 Å². The molecule has 2 aromatic carbocycles. The van der Waals surface area contributed by atoms with Crippen LogP contribution in [0, 0.1) is 0 Å². The van der Waals surface area contributed by atoms with Crippen LogP contribution in [0.3, 0.4) is 0 Å². The molecule has 37 heavy (non-hydrogen) atoms. The second kappa shape index (κ2) is 9.40. The minimum absolute atomic E-state index is 0.523. The van der Waals surface area contributed by atoms with Gasteiger partial charge in [-0.2, -0.15) is 5.10 Å². The number of hydrogen-bond acceptors (Lipinski definition) is 8. The molecule has 1 fully saturated rings. The molecule has 6 rings (SSSR count). The van der Waals surface area contributed by atoms with Gasteiger partial charge < -0.3 is 9.64 Å². The number of nitrogens with one attached hydrogen (secondary N) is 2. The van der Waals surface area contributed by atoms with E-state index in [0.717, 1.165) is 56.0 Å². The van der Waals surface area contributed by atoms with E-state index in [0.29, 0.717) is 24.7 Å². The van der Waals surface area contributed by atoms with Gasteiger partial charge in [0.05, 0.1) is 40.4 Å². The number of morpholine rings is 1. The fourth-order valence-corrected chi connectivity index (χ4v) is 6.15. The van der Waals surface area contributed by atoms with E-state index in [2.05, 4.69) is 25.9 Å². The van der Waals surface area contributed by atoms with E-state index in [4.69, 9.17) is 14.7 Å². The second-order valence-electron chi connectivity index (χ2n) is 9.21. The molecule has 11 heteroatoms.